The van der Waals surface area contributed by atoms with Crippen LogP contribution in [0.4, 0.5) is 11.4 Å². The maximum Gasteiger partial charge on any atom is 0.283 e. The van der Waals surface area contributed by atoms with E-state index in [-0.39, 0.29) is 10.7 Å². The van der Waals surface area contributed by atoms with Crippen LogP contribution >= 0.6 is 11.6 Å². The molecule has 2 aromatic carbocycles. The molecule has 6 heteroatoms. The molecule has 2 amide bonds. The molecule has 3 rings (SSSR count). The number of benzene rings is 2. The zero-order valence-corrected chi connectivity index (χ0v) is 16.4. The SMILES string of the molecule is COc1ccc(C)cc1NC1=C(Cl)C(=O)N(c2ccc(C(C)C)cc2)C1=O. The van der Waals surface area contributed by atoms with Crippen molar-refractivity contribution in [2.75, 3.05) is 17.3 Å². The molecule has 0 fully saturated rings. The monoisotopic (exact) mass is 384 g/mol. The summed E-state index contributed by atoms with van der Waals surface area (Å²) in [5.74, 6) is -0.131. The lowest BCUT2D eigenvalue weighted by Gasteiger charge is -2.17. The summed E-state index contributed by atoms with van der Waals surface area (Å²) < 4.78 is 5.32. The Kier molecular flexibility index (Phi) is 5.24. The highest BCUT2D eigenvalue weighted by molar-refractivity contribution is 6.53. The summed E-state index contributed by atoms with van der Waals surface area (Å²) in [5.41, 5.74) is 3.20. The summed E-state index contributed by atoms with van der Waals surface area (Å²) in [5, 5.41) is 2.83. The Morgan fingerprint density at radius 1 is 1.04 bits per heavy atom. The molecule has 2 aromatic rings. The van der Waals surface area contributed by atoms with Gasteiger partial charge in [-0.15, -0.1) is 0 Å². The number of nitrogens with zero attached hydrogens (tertiary/aromatic N) is 1. The molecular weight excluding hydrogens is 364 g/mol. The first-order valence-electron chi connectivity index (χ1n) is 8.63. The van der Waals surface area contributed by atoms with Crippen molar-refractivity contribution >= 4 is 34.8 Å². The third-order valence-corrected chi connectivity index (χ3v) is 4.81. The smallest absolute Gasteiger partial charge is 0.283 e. The van der Waals surface area contributed by atoms with Gasteiger partial charge in [0.25, 0.3) is 11.8 Å². The van der Waals surface area contributed by atoms with Crippen LogP contribution < -0.4 is 15.0 Å². The first kappa shape index (κ1) is 19.0. The van der Waals surface area contributed by atoms with Crippen molar-refractivity contribution in [3.63, 3.8) is 0 Å². The van der Waals surface area contributed by atoms with Crippen LogP contribution in [-0.4, -0.2) is 18.9 Å². The van der Waals surface area contributed by atoms with Gasteiger partial charge in [-0.05, 0) is 48.2 Å². The second kappa shape index (κ2) is 7.45. The van der Waals surface area contributed by atoms with E-state index in [0.717, 1.165) is 16.0 Å². The van der Waals surface area contributed by atoms with Gasteiger partial charge in [0, 0.05) is 0 Å². The second-order valence-corrected chi connectivity index (χ2v) is 7.09. The van der Waals surface area contributed by atoms with E-state index in [2.05, 4.69) is 19.2 Å². The Labute approximate surface area is 163 Å². The van der Waals surface area contributed by atoms with Crippen molar-refractivity contribution in [2.24, 2.45) is 0 Å². The lowest BCUT2D eigenvalue weighted by molar-refractivity contribution is -0.120. The zero-order chi connectivity index (χ0) is 19.7. The third-order valence-electron chi connectivity index (χ3n) is 4.46. The molecule has 140 valence electrons. The summed E-state index contributed by atoms with van der Waals surface area (Å²) in [6, 6.07) is 12.8. The van der Waals surface area contributed by atoms with E-state index < -0.39 is 11.8 Å². The van der Waals surface area contributed by atoms with Gasteiger partial charge in [0.2, 0.25) is 0 Å². The number of hydrogen-bond acceptors (Lipinski definition) is 4. The maximum atomic E-state index is 12.9. The van der Waals surface area contributed by atoms with Crippen molar-refractivity contribution in [3.05, 3.63) is 64.3 Å². The van der Waals surface area contributed by atoms with Gasteiger partial charge in [0.1, 0.15) is 16.5 Å². The van der Waals surface area contributed by atoms with E-state index >= 15 is 0 Å². The Balaban J connectivity index is 1.91. The van der Waals surface area contributed by atoms with Gasteiger partial charge < -0.3 is 10.1 Å². The van der Waals surface area contributed by atoms with Gasteiger partial charge in [0.05, 0.1) is 18.5 Å². The number of amides is 2. The summed E-state index contributed by atoms with van der Waals surface area (Å²) >= 11 is 6.20. The summed E-state index contributed by atoms with van der Waals surface area (Å²) in [4.78, 5) is 26.6. The number of methoxy groups -OCH3 is 1. The molecule has 1 N–H and O–H groups in total. The standard InChI is InChI=1S/C21H21ClN2O3/c1-12(2)14-6-8-15(9-7-14)24-20(25)18(22)19(21(24)26)23-16-11-13(3)5-10-17(16)27-4/h5-12,23H,1-4H3. The summed E-state index contributed by atoms with van der Waals surface area (Å²) in [6.45, 7) is 6.08. The van der Waals surface area contributed by atoms with Crippen LogP contribution in [0.25, 0.3) is 0 Å². The zero-order valence-electron chi connectivity index (χ0n) is 15.7. The molecule has 5 nitrogen and oxygen atoms in total. The highest BCUT2D eigenvalue weighted by Gasteiger charge is 2.39. The lowest BCUT2D eigenvalue weighted by Crippen LogP contribution is -2.32. The molecule has 0 aliphatic carbocycles. The van der Waals surface area contributed by atoms with Crippen LogP contribution in [0, 0.1) is 6.92 Å². The van der Waals surface area contributed by atoms with Crippen molar-refractivity contribution in [3.8, 4) is 5.75 Å². The van der Waals surface area contributed by atoms with E-state index in [1.54, 1.807) is 18.2 Å². The fraction of sp³-hybridized carbons (Fsp3) is 0.238. The van der Waals surface area contributed by atoms with Gasteiger partial charge in [-0.3, -0.25) is 9.59 Å². The summed E-state index contributed by atoms with van der Waals surface area (Å²) in [6.07, 6.45) is 0. The molecule has 0 atom stereocenters. The van der Waals surface area contributed by atoms with Gasteiger partial charge in [-0.2, -0.15) is 0 Å². The average Bonchev–Trinajstić information content (AvgIpc) is 2.85. The van der Waals surface area contributed by atoms with Crippen LogP contribution in [0.2, 0.25) is 0 Å². The number of anilines is 2. The fourth-order valence-electron chi connectivity index (χ4n) is 2.91. The number of rotatable bonds is 5. The number of carbonyl (C=O) groups is 2. The molecule has 1 aliphatic rings. The fourth-order valence-corrected chi connectivity index (χ4v) is 3.12. The summed E-state index contributed by atoms with van der Waals surface area (Å²) in [7, 11) is 1.54. The van der Waals surface area contributed by atoms with Gasteiger partial charge in [-0.25, -0.2) is 4.90 Å². The third kappa shape index (κ3) is 3.55. The molecule has 0 saturated carbocycles. The molecule has 0 bridgehead atoms. The number of aryl methyl sites for hydroxylation is 1. The molecular formula is C21H21ClN2O3. The lowest BCUT2D eigenvalue weighted by atomic mass is 10.0. The van der Waals surface area contributed by atoms with Crippen molar-refractivity contribution in [1.82, 2.24) is 0 Å². The molecule has 0 unspecified atom stereocenters. The van der Waals surface area contributed by atoms with E-state index in [9.17, 15) is 9.59 Å². The first-order valence-corrected chi connectivity index (χ1v) is 9.01. The van der Waals surface area contributed by atoms with E-state index in [1.807, 2.05) is 31.2 Å². The van der Waals surface area contributed by atoms with Gasteiger partial charge in [0.15, 0.2) is 0 Å². The molecule has 0 radical (unpaired) electrons. The predicted molar refractivity (Wildman–Crippen MR) is 107 cm³/mol. The largest absolute Gasteiger partial charge is 0.495 e. The van der Waals surface area contributed by atoms with E-state index in [1.165, 1.54) is 7.11 Å². The van der Waals surface area contributed by atoms with Crippen LogP contribution in [-0.2, 0) is 9.59 Å². The maximum absolute atomic E-state index is 12.9. The van der Waals surface area contributed by atoms with Gasteiger partial charge in [-0.1, -0.05) is 43.6 Å². The minimum atomic E-state index is -0.548. The number of imide groups is 1. The number of hydrogen-bond donors (Lipinski definition) is 1. The van der Waals surface area contributed by atoms with Crippen molar-refractivity contribution in [2.45, 2.75) is 26.7 Å². The molecule has 27 heavy (non-hydrogen) atoms. The highest BCUT2D eigenvalue weighted by Crippen LogP contribution is 2.33. The van der Waals surface area contributed by atoms with Crippen LogP contribution in [0.5, 0.6) is 5.75 Å². The number of ether oxygens (including phenoxy) is 1. The number of carbonyl (C=O) groups excluding carboxylic acids is 2. The minimum absolute atomic E-state index is 0.0403. The second-order valence-electron chi connectivity index (χ2n) is 6.71. The Bertz CT molecular complexity index is 933. The number of halogens is 1. The molecule has 0 saturated heterocycles. The predicted octanol–water partition coefficient (Wildman–Crippen LogP) is 4.56. The quantitative estimate of drug-likeness (QED) is 0.767. The molecule has 0 aromatic heterocycles. The number of nitrogens with one attached hydrogen (secondary N) is 1. The van der Waals surface area contributed by atoms with Crippen molar-refractivity contribution in [1.29, 1.82) is 0 Å². The molecule has 1 heterocycles. The highest BCUT2D eigenvalue weighted by atomic mass is 35.5. The van der Waals surface area contributed by atoms with E-state index in [0.29, 0.717) is 23.0 Å². The van der Waals surface area contributed by atoms with Crippen LogP contribution in [0.3, 0.4) is 0 Å². The Hall–Kier alpha value is -2.79. The molecule has 0 spiro atoms. The van der Waals surface area contributed by atoms with Gasteiger partial charge >= 0.3 is 0 Å². The van der Waals surface area contributed by atoms with E-state index in [4.69, 9.17) is 16.3 Å². The normalized spacial score (nSPS) is 14.4. The first-order chi connectivity index (χ1) is 12.8. The molecule has 1 aliphatic heterocycles. The average molecular weight is 385 g/mol. The van der Waals surface area contributed by atoms with Crippen LogP contribution in [0.1, 0.15) is 30.9 Å². The van der Waals surface area contributed by atoms with Crippen molar-refractivity contribution < 1.29 is 14.3 Å². The topological polar surface area (TPSA) is 58.6 Å². The minimum Gasteiger partial charge on any atom is -0.495 e. The van der Waals surface area contributed by atoms with Crippen LogP contribution in [0.15, 0.2) is 53.2 Å². The Morgan fingerprint density at radius 3 is 2.30 bits per heavy atom. The Morgan fingerprint density at radius 2 is 1.70 bits per heavy atom.